The molecule has 0 atom stereocenters. The van der Waals surface area contributed by atoms with E-state index >= 15 is 0 Å². The summed E-state index contributed by atoms with van der Waals surface area (Å²) in [5.74, 6) is 1.75. The molecule has 0 saturated heterocycles. The van der Waals surface area contributed by atoms with Gasteiger partial charge in [-0.25, -0.2) is 0 Å². The number of ether oxygens (including phenoxy) is 2. The fourth-order valence-corrected chi connectivity index (χ4v) is 3.79. The SMILES string of the molecule is COc1ccc(-c2noc(CC(=O)NCc3ccc(CNC=O)cc3)c2-c2ccc(OC)cc2)cc1. The van der Waals surface area contributed by atoms with Crippen LogP contribution in [0.3, 0.4) is 0 Å². The average Bonchev–Trinajstić information content (AvgIpc) is 3.34. The molecule has 2 N–H and O–H groups in total. The van der Waals surface area contributed by atoms with Crippen molar-refractivity contribution in [1.29, 1.82) is 0 Å². The van der Waals surface area contributed by atoms with Crippen LogP contribution < -0.4 is 20.1 Å². The minimum Gasteiger partial charge on any atom is -0.497 e. The van der Waals surface area contributed by atoms with Gasteiger partial charge in [0, 0.05) is 18.7 Å². The summed E-state index contributed by atoms with van der Waals surface area (Å²) in [4.78, 5) is 23.3. The summed E-state index contributed by atoms with van der Waals surface area (Å²) >= 11 is 0. The Balaban J connectivity index is 1.53. The predicted octanol–water partition coefficient (Wildman–Crippen LogP) is 4.13. The zero-order chi connectivity index (χ0) is 25.3. The van der Waals surface area contributed by atoms with Crippen molar-refractivity contribution < 1.29 is 23.6 Å². The second-order valence-electron chi connectivity index (χ2n) is 8.06. The number of methoxy groups -OCH3 is 2. The van der Waals surface area contributed by atoms with Gasteiger partial charge in [0.1, 0.15) is 17.2 Å². The zero-order valence-electron chi connectivity index (χ0n) is 20.1. The number of aromatic nitrogens is 1. The Labute approximate surface area is 209 Å². The standard InChI is InChI=1S/C28H27N3O5/c1-34-23-11-7-21(8-12-23)27-25(36-31-28(27)22-9-13-24(35-2)14-10-22)15-26(33)30-17-20-5-3-19(4-6-20)16-29-18-32/h3-14,18H,15-17H2,1-2H3,(H,29,32)(H,30,33). The first-order valence-electron chi connectivity index (χ1n) is 11.4. The van der Waals surface area contributed by atoms with E-state index in [2.05, 4.69) is 15.8 Å². The van der Waals surface area contributed by atoms with Crippen LogP contribution in [0.5, 0.6) is 11.5 Å². The fraction of sp³-hybridized carbons (Fsp3) is 0.179. The number of nitrogens with zero attached hydrogens (tertiary/aromatic N) is 1. The van der Waals surface area contributed by atoms with Crippen molar-refractivity contribution in [3.8, 4) is 33.9 Å². The molecule has 2 amide bonds. The van der Waals surface area contributed by atoms with Crippen LogP contribution in [0.2, 0.25) is 0 Å². The van der Waals surface area contributed by atoms with Crippen molar-refractivity contribution in [2.24, 2.45) is 0 Å². The van der Waals surface area contributed by atoms with Gasteiger partial charge >= 0.3 is 0 Å². The van der Waals surface area contributed by atoms with E-state index in [1.807, 2.05) is 72.8 Å². The smallest absolute Gasteiger partial charge is 0.228 e. The molecule has 8 heteroatoms. The highest BCUT2D eigenvalue weighted by molar-refractivity contribution is 5.86. The molecule has 0 saturated carbocycles. The Morgan fingerprint density at radius 2 is 1.39 bits per heavy atom. The van der Waals surface area contributed by atoms with Gasteiger partial charge in [0.15, 0.2) is 5.76 Å². The van der Waals surface area contributed by atoms with Crippen LogP contribution in [-0.2, 0) is 29.1 Å². The van der Waals surface area contributed by atoms with Gasteiger partial charge in [-0.05, 0) is 53.1 Å². The van der Waals surface area contributed by atoms with Crippen LogP contribution in [0.25, 0.3) is 22.4 Å². The molecule has 4 rings (SSSR count). The summed E-state index contributed by atoms with van der Waals surface area (Å²) in [6, 6.07) is 22.7. The quantitative estimate of drug-likeness (QED) is 0.310. The molecule has 4 aromatic rings. The molecule has 36 heavy (non-hydrogen) atoms. The highest BCUT2D eigenvalue weighted by Crippen LogP contribution is 2.36. The largest absolute Gasteiger partial charge is 0.497 e. The second-order valence-corrected chi connectivity index (χ2v) is 8.06. The lowest BCUT2D eigenvalue weighted by molar-refractivity contribution is -0.120. The van der Waals surface area contributed by atoms with Gasteiger partial charge in [-0.3, -0.25) is 9.59 Å². The monoisotopic (exact) mass is 485 g/mol. The lowest BCUT2D eigenvalue weighted by atomic mass is 9.97. The van der Waals surface area contributed by atoms with E-state index in [1.54, 1.807) is 14.2 Å². The Bertz CT molecular complexity index is 1300. The molecule has 0 spiro atoms. The minimum absolute atomic E-state index is 0.0336. The summed E-state index contributed by atoms with van der Waals surface area (Å²) in [6.07, 6.45) is 0.698. The topological polar surface area (TPSA) is 103 Å². The summed E-state index contributed by atoms with van der Waals surface area (Å²) in [5.41, 5.74) is 5.04. The molecule has 0 radical (unpaired) electrons. The molecule has 0 aliphatic heterocycles. The van der Waals surface area contributed by atoms with Crippen LogP contribution in [0, 0.1) is 0 Å². The van der Waals surface area contributed by atoms with Crippen LogP contribution in [0.1, 0.15) is 16.9 Å². The number of hydrogen-bond donors (Lipinski definition) is 2. The van der Waals surface area contributed by atoms with E-state index in [0.717, 1.165) is 39.3 Å². The minimum atomic E-state index is -0.186. The van der Waals surface area contributed by atoms with Crippen molar-refractivity contribution >= 4 is 12.3 Å². The van der Waals surface area contributed by atoms with Crippen molar-refractivity contribution in [3.05, 3.63) is 89.7 Å². The first-order chi connectivity index (χ1) is 17.6. The van der Waals surface area contributed by atoms with E-state index < -0.39 is 0 Å². The van der Waals surface area contributed by atoms with Crippen molar-refractivity contribution in [1.82, 2.24) is 15.8 Å². The second kappa shape index (κ2) is 11.7. The molecule has 3 aromatic carbocycles. The van der Waals surface area contributed by atoms with E-state index in [-0.39, 0.29) is 12.3 Å². The highest BCUT2D eigenvalue weighted by Gasteiger charge is 2.21. The van der Waals surface area contributed by atoms with E-state index in [4.69, 9.17) is 14.0 Å². The van der Waals surface area contributed by atoms with E-state index in [0.29, 0.717) is 31.0 Å². The third kappa shape index (κ3) is 5.90. The van der Waals surface area contributed by atoms with Gasteiger partial charge < -0.3 is 24.6 Å². The summed E-state index contributed by atoms with van der Waals surface area (Å²) < 4.78 is 16.2. The molecule has 0 aliphatic carbocycles. The Kier molecular flexibility index (Phi) is 7.97. The van der Waals surface area contributed by atoms with Crippen LogP contribution in [-0.4, -0.2) is 31.7 Å². The third-order valence-corrected chi connectivity index (χ3v) is 5.73. The van der Waals surface area contributed by atoms with Gasteiger partial charge in [-0.1, -0.05) is 41.6 Å². The molecule has 184 valence electrons. The fourth-order valence-electron chi connectivity index (χ4n) is 3.79. The number of hydrogen-bond acceptors (Lipinski definition) is 6. The van der Waals surface area contributed by atoms with Crippen molar-refractivity contribution in [2.45, 2.75) is 19.5 Å². The Morgan fingerprint density at radius 3 is 1.94 bits per heavy atom. The van der Waals surface area contributed by atoms with Gasteiger partial charge in [0.05, 0.1) is 26.2 Å². The molecule has 0 unspecified atom stereocenters. The maximum absolute atomic E-state index is 12.8. The van der Waals surface area contributed by atoms with Gasteiger partial charge in [-0.2, -0.15) is 0 Å². The lowest BCUT2D eigenvalue weighted by Gasteiger charge is -2.08. The van der Waals surface area contributed by atoms with Crippen molar-refractivity contribution in [2.75, 3.05) is 14.2 Å². The Morgan fingerprint density at radius 1 is 0.833 bits per heavy atom. The zero-order valence-corrected chi connectivity index (χ0v) is 20.1. The Hall–Kier alpha value is -4.59. The van der Waals surface area contributed by atoms with E-state index in [1.165, 1.54) is 0 Å². The lowest BCUT2D eigenvalue weighted by Crippen LogP contribution is -2.24. The van der Waals surface area contributed by atoms with Gasteiger partial charge in [-0.15, -0.1) is 0 Å². The molecule has 1 aromatic heterocycles. The molecule has 0 bridgehead atoms. The highest BCUT2D eigenvalue weighted by atomic mass is 16.5. The number of rotatable bonds is 11. The molecular formula is C28H27N3O5. The average molecular weight is 486 g/mol. The first-order valence-corrected chi connectivity index (χ1v) is 11.4. The predicted molar refractivity (Wildman–Crippen MR) is 135 cm³/mol. The third-order valence-electron chi connectivity index (χ3n) is 5.73. The number of amides is 2. The normalized spacial score (nSPS) is 10.5. The number of carbonyl (C=O) groups excluding carboxylic acids is 2. The molecule has 8 nitrogen and oxygen atoms in total. The van der Waals surface area contributed by atoms with Crippen LogP contribution in [0.4, 0.5) is 0 Å². The number of benzene rings is 3. The van der Waals surface area contributed by atoms with E-state index in [9.17, 15) is 9.59 Å². The summed E-state index contributed by atoms with van der Waals surface area (Å²) in [7, 11) is 3.23. The summed E-state index contributed by atoms with van der Waals surface area (Å²) in [5, 5.41) is 9.87. The van der Waals surface area contributed by atoms with Crippen LogP contribution in [0.15, 0.2) is 77.3 Å². The first kappa shape index (κ1) is 24.5. The van der Waals surface area contributed by atoms with Gasteiger partial charge in [0.25, 0.3) is 0 Å². The van der Waals surface area contributed by atoms with Crippen molar-refractivity contribution in [3.63, 3.8) is 0 Å². The molecular weight excluding hydrogens is 458 g/mol. The molecule has 0 fully saturated rings. The maximum atomic E-state index is 12.8. The molecule has 1 heterocycles. The number of carbonyl (C=O) groups is 2. The van der Waals surface area contributed by atoms with Crippen LogP contribution >= 0.6 is 0 Å². The number of nitrogens with one attached hydrogen (secondary N) is 2. The maximum Gasteiger partial charge on any atom is 0.228 e. The molecule has 0 aliphatic rings. The van der Waals surface area contributed by atoms with Gasteiger partial charge in [0.2, 0.25) is 12.3 Å². The summed E-state index contributed by atoms with van der Waals surface area (Å²) in [6.45, 7) is 0.837.